The Morgan fingerprint density at radius 2 is 1.40 bits per heavy atom. The number of hydrogen-bond acceptors (Lipinski definition) is 8. The number of urea groups is 1. The lowest BCUT2D eigenvalue weighted by atomic mass is 10.0. The number of hydrogen-bond donors (Lipinski definition) is 2. The van der Waals surface area contributed by atoms with Crippen LogP contribution in [0.4, 0.5) is 27.5 Å². The second kappa shape index (κ2) is 7.75. The molecule has 0 saturated carbocycles. The first-order chi connectivity index (χ1) is 14.2. The fourth-order valence-corrected chi connectivity index (χ4v) is 2.65. The van der Waals surface area contributed by atoms with Gasteiger partial charge in [0.2, 0.25) is 11.8 Å². The summed E-state index contributed by atoms with van der Waals surface area (Å²) in [7, 11) is 0. The molecule has 0 spiro atoms. The molecule has 13 heteroatoms. The average Bonchev–Trinajstić information content (AvgIpc) is 2.68. The van der Waals surface area contributed by atoms with Crippen LogP contribution in [0.3, 0.4) is 0 Å². The summed E-state index contributed by atoms with van der Waals surface area (Å²) in [5.74, 6) is -5.29. The van der Waals surface area contributed by atoms with Gasteiger partial charge in [0.05, 0.1) is 15.5 Å². The summed E-state index contributed by atoms with van der Waals surface area (Å²) in [6.07, 6.45) is 0. The Morgan fingerprint density at radius 1 is 0.900 bits per heavy atom. The summed E-state index contributed by atoms with van der Waals surface area (Å²) in [5.41, 5.74) is -0.504. The number of nitro benzene ring substituents is 2. The highest BCUT2D eigenvalue weighted by Crippen LogP contribution is 2.24. The average molecular weight is 413 g/mol. The summed E-state index contributed by atoms with van der Waals surface area (Å²) in [4.78, 5) is 70.0. The molecular weight excluding hydrogens is 402 g/mol. The van der Waals surface area contributed by atoms with E-state index in [2.05, 4.69) is 5.32 Å². The van der Waals surface area contributed by atoms with Gasteiger partial charge in [0.1, 0.15) is 0 Å². The fourth-order valence-electron chi connectivity index (χ4n) is 2.65. The molecule has 2 N–H and O–H groups in total. The maximum absolute atomic E-state index is 12.7. The molecule has 1 fully saturated rings. The first kappa shape index (κ1) is 20.1. The number of nitrogens with one attached hydrogen (secondary N) is 2. The number of non-ortho nitro benzene ring substituents is 2. The van der Waals surface area contributed by atoms with Gasteiger partial charge in [0.15, 0.2) is 5.92 Å². The lowest BCUT2D eigenvalue weighted by Crippen LogP contribution is -2.61. The molecule has 30 heavy (non-hydrogen) atoms. The van der Waals surface area contributed by atoms with Crippen LogP contribution in [-0.4, -0.2) is 33.6 Å². The summed E-state index contributed by atoms with van der Waals surface area (Å²) < 4.78 is 0. The van der Waals surface area contributed by atoms with E-state index < -0.39 is 39.5 Å². The normalized spacial score (nSPS) is 16.1. The molecule has 0 bridgehead atoms. The van der Waals surface area contributed by atoms with Crippen molar-refractivity contribution in [2.24, 2.45) is 5.92 Å². The zero-order valence-corrected chi connectivity index (χ0v) is 14.8. The van der Waals surface area contributed by atoms with Crippen LogP contribution in [0, 0.1) is 26.1 Å². The van der Waals surface area contributed by atoms with E-state index in [1.54, 1.807) is 0 Å². The van der Waals surface area contributed by atoms with E-state index in [0.29, 0.717) is 4.90 Å². The number of benzene rings is 2. The Balaban J connectivity index is 1.83. The third-order valence-electron chi connectivity index (χ3n) is 4.09. The van der Waals surface area contributed by atoms with Gasteiger partial charge in [0.25, 0.3) is 17.3 Å². The Hall–Kier alpha value is -4.68. The Kier molecular flexibility index (Phi) is 5.18. The number of nitrogens with zero attached hydrogens (tertiary/aromatic N) is 3. The molecule has 0 radical (unpaired) electrons. The molecule has 13 nitrogen and oxygen atoms in total. The molecular formula is C17H11N5O8. The summed E-state index contributed by atoms with van der Waals surface area (Å²) in [6, 6.07) is 7.89. The topological polar surface area (TPSA) is 182 Å². The smallest absolute Gasteiger partial charge is 0.325 e. The number of nitro groups is 2. The first-order valence-electron chi connectivity index (χ1n) is 8.17. The summed E-state index contributed by atoms with van der Waals surface area (Å²) >= 11 is 0. The highest BCUT2D eigenvalue weighted by molar-refractivity contribution is 6.35. The minimum absolute atomic E-state index is 0.0799. The van der Waals surface area contributed by atoms with E-state index in [1.807, 2.05) is 5.32 Å². The number of rotatable bonds is 5. The van der Waals surface area contributed by atoms with Gasteiger partial charge < -0.3 is 5.32 Å². The number of carbonyl (C=O) groups excluding carboxylic acids is 4. The fraction of sp³-hybridized carbons (Fsp3) is 0.0588. The van der Waals surface area contributed by atoms with E-state index in [0.717, 1.165) is 36.4 Å². The molecule has 152 valence electrons. The minimum atomic E-state index is -1.92. The first-order valence-corrected chi connectivity index (χ1v) is 8.17. The van der Waals surface area contributed by atoms with E-state index in [1.165, 1.54) is 12.1 Å². The van der Waals surface area contributed by atoms with Crippen LogP contribution in [0.5, 0.6) is 0 Å². The SMILES string of the molecule is O=C1NC(=O)N(c2ccc([N+](=O)[O-])cc2)C(=O)C1C(=O)Nc1ccc([N+](=O)[O-])cc1. The van der Waals surface area contributed by atoms with Crippen molar-refractivity contribution in [2.75, 3.05) is 10.2 Å². The van der Waals surface area contributed by atoms with Gasteiger partial charge >= 0.3 is 6.03 Å². The van der Waals surface area contributed by atoms with Crippen LogP contribution in [0.2, 0.25) is 0 Å². The molecule has 1 heterocycles. The van der Waals surface area contributed by atoms with Crippen LogP contribution >= 0.6 is 0 Å². The van der Waals surface area contributed by atoms with Gasteiger partial charge in [-0.1, -0.05) is 0 Å². The van der Waals surface area contributed by atoms with Crippen molar-refractivity contribution < 1.29 is 29.0 Å². The molecule has 1 atom stereocenters. The predicted octanol–water partition coefficient (Wildman–Crippen LogP) is 1.34. The van der Waals surface area contributed by atoms with Gasteiger partial charge in [-0.2, -0.15) is 0 Å². The second-order valence-electron chi connectivity index (χ2n) is 5.97. The lowest BCUT2D eigenvalue weighted by molar-refractivity contribution is -0.385. The second-order valence-corrected chi connectivity index (χ2v) is 5.97. The van der Waals surface area contributed by atoms with Crippen molar-refractivity contribution in [3.63, 3.8) is 0 Å². The molecule has 1 aliphatic heterocycles. The third kappa shape index (κ3) is 3.80. The number of amides is 5. The zero-order chi connectivity index (χ0) is 22.0. The van der Waals surface area contributed by atoms with Gasteiger partial charge in [-0.15, -0.1) is 0 Å². The standard InChI is InChI=1S/C17H11N5O8/c23-14(18-9-1-3-11(4-2-9)21(27)28)13-15(24)19-17(26)20(16(13)25)10-5-7-12(8-6-10)22(29)30/h1-8,13H,(H,18,23)(H,19,24,26). The third-order valence-corrected chi connectivity index (χ3v) is 4.09. The van der Waals surface area contributed by atoms with E-state index in [4.69, 9.17) is 0 Å². The molecule has 0 aliphatic carbocycles. The molecule has 0 aromatic heterocycles. The Bertz CT molecular complexity index is 1080. The monoisotopic (exact) mass is 413 g/mol. The van der Waals surface area contributed by atoms with Crippen molar-refractivity contribution in [2.45, 2.75) is 0 Å². The summed E-state index contributed by atoms with van der Waals surface area (Å²) in [5, 5.41) is 25.6. The van der Waals surface area contributed by atoms with Crippen LogP contribution in [0.1, 0.15) is 0 Å². The largest absolute Gasteiger partial charge is 0.335 e. The van der Waals surface area contributed by atoms with Crippen molar-refractivity contribution in [1.82, 2.24) is 5.32 Å². The van der Waals surface area contributed by atoms with Gasteiger partial charge in [0, 0.05) is 30.0 Å². The van der Waals surface area contributed by atoms with Gasteiger partial charge in [-0.05, 0) is 24.3 Å². The Morgan fingerprint density at radius 3 is 1.90 bits per heavy atom. The molecule has 3 rings (SSSR count). The zero-order valence-electron chi connectivity index (χ0n) is 14.8. The van der Waals surface area contributed by atoms with E-state index >= 15 is 0 Å². The van der Waals surface area contributed by atoms with Crippen LogP contribution in [0.15, 0.2) is 48.5 Å². The van der Waals surface area contributed by atoms with Crippen LogP contribution in [0.25, 0.3) is 0 Å². The highest BCUT2D eigenvalue weighted by atomic mass is 16.6. The quantitative estimate of drug-likeness (QED) is 0.418. The number of anilines is 2. The highest BCUT2D eigenvalue weighted by Gasteiger charge is 2.45. The molecule has 1 aliphatic rings. The van der Waals surface area contributed by atoms with Crippen molar-refractivity contribution >= 4 is 46.5 Å². The number of barbiturate groups is 1. The minimum Gasteiger partial charge on any atom is -0.325 e. The van der Waals surface area contributed by atoms with Crippen LogP contribution < -0.4 is 15.5 Å². The van der Waals surface area contributed by atoms with E-state index in [-0.39, 0.29) is 22.7 Å². The number of carbonyl (C=O) groups is 4. The maximum atomic E-state index is 12.7. The predicted molar refractivity (Wildman–Crippen MR) is 99.3 cm³/mol. The lowest BCUT2D eigenvalue weighted by Gasteiger charge is -2.29. The Labute approximate surface area is 166 Å². The van der Waals surface area contributed by atoms with E-state index in [9.17, 15) is 39.4 Å². The van der Waals surface area contributed by atoms with Crippen LogP contribution in [-0.2, 0) is 14.4 Å². The van der Waals surface area contributed by atoms with Crippen molar-refractivity contribution in [3.05, 3.63) is 68.8 Å². The van der Waals surface area contributed by atoms with Gasteiger partial charge in [-0.3, -0.25) is 39.9 Å². The van der Waals surface area contributed by atoms with Crippen molar-refractivity contribution in [3.8, 4) is 0 Å². The summed E-state index contributed by atoms with van der Waals surface area (Å²) in [6.45, 7) is 0. The molecule has 2 aromatic rings. The number of imide groups is 2. The maximum Gasteiger partial charge on any atom is 0.335 e. The molecule has 1 unspecified atom stereocenters. The molecule has 2 aromatic carbocycles. The van der Waals surface area contributed by atoms with Crippen molar-refractivity contribution in [1.29, 1.82) is 0 Å². The molecule has 5 amide bonds. The molecule has 1 saturated heterocycles. The van der Waals surface area contributed by atoms with Gasteiger partial charge in [-0.25, -0.2) is 9.69 Å².